The maximum atomic E-state index is 4.14. The number of hydrogen-bond acceptors (Lipinski definition) is 3. The van der Waals surface area contributed by atoms with Crippen LogP contribution in [0.15, 0.2) is 54.2 Å². The van der Waals surface area contributed by atoms with E-state index in [1.165, 1.54) is 21.3 Å². The van der Waals surface area contributed by atoms with Gasteiger partial charge in [0.15, 0.2) is 0 Å². The molecule has 2 nitrogen and oxygen atoms in total. The van der Waals surface area contributed by atoms with Crippen molar-refractivity contribution >= 4 is 27.8 Å². The molecular weight excluding hydrogens is 228 g/mol. The zero-order chi connectivity index (χ0) is 11.5. The molecule has 0 radical (unpaired) electrons. The number of nitrogens with zero attached hydrogens (tertiary/aromatic N) is 1. The Morgan fingerprint density at radius 2 is 2.12 bits per heavy atom. The van der Waals surface area contributed by atoms with Crippen LogP contribution >= 0.6 is 11.3 Å². The fourth-order valence-corrected chi connectivity index (χ4v) is 2.52. The van der Waals surface area contributed by atoms with Crippen molar-refractivity contribution in [3.8, 4) is 0 Å². The highest BCUT2D eigenvalue weighted by molar-refractivity contribution is 7.09. The molecule has 0 bridgehead atoms. The first-order valence-electron chi connectivity index (χ1n) is 5.52. The third-order valence-electron chi connectivity index (χ3n) is 2.71. The van der Waals surface area contributed by atoms with Crippen LogP contribution in [0.2, 0.25) is 0 Å². The lowest BCUT2D eigenvalue weighted by Gasteiger charge is -2.08. The molecule has 3 heteroatoms. The van der Waals surface area contributed by atoms with Gasteiger partial charge in [-0.05, 0) is 23.6 Å². The normalized spacial score (nSPS) is 10.6. The number of thiophene rings is 1. The minimum absolute atomic E-state index is 0.874. The number of fused-ring (bicyclic) bond motifs is 1. The number of benzene rings is 1. The monoisotopic (exact) mass is 240 g/mol. The van der Waals surface area contributed by atoms with E-state index in [9.17, 15) is 0 Å². The number of anilines is 1. The lowest BCUT2D eigenvalue weighted by atomic mass is 10.1. The standard InChI is InChI=1S/C14H12N2S/c1-3-11-9-15-7-6-13(11)14(5-1)16-10-12-4-2-8-17-12/h1-9,16H,10H2. The Labute approximate surface area is 104 Å². The number of aromatic nitrogens is 1. The summed E-state index contributed by atoms with van der Waals surface area (Å²) in [6.07, 6.45) is 3.73. The van der Waals surface area contributed by atoms with Crippen LogP contribution in [-0.2, 0) is 6.54 Å². The maximum Gasteiger partial charge on any atom is 0.0494 e. The number of hydrogen-bond donors (Lipinski definition) is 1. The van der Waals surface area contributed by atoms with Crippen LogP contribution in [0.5, 0.6) is 0 Å². The number of nitrogens with one attached hydrogen (secondary N) is 1. The van der Waals surface area contributed by atoms with Crippen molar-refractivity contribution in [1.29, 1.82) is 0 Å². The highest BCUT2D eigenvalue weighted by Gasteiger charge is 2.00. The third-order valence-corrected chi connectivity index (χ3v) is 3.59. The molecule has 0 saturated carbocycles. The van der Waals surface area contributed by atoms with Gasteiger partial charge in [0, 0.05) is 40.3 Å². The third kappa shape index (κ3) is 2.15. The molecule has 1 N–H and O–H groups in total. The molecule has 3 rings (SSSR count). The largest absolute Gasteiger partial charge is 0.380 e. The lowest BCUT2D eigenvalue weighted by molar-refractivity contribution is 1.20. The van der Waals surface area contributed by atoms with Crippen molar-refractivity contribution in [2.45, 2.75) is 6.54 Å². The van der Waals surface area contributed by atoms with Crippen molar-refractivity contribution in [3.05, 3.63) is 59.0 Å². The summed E-state index contributed by atoms with van der Waals surface area (Å²) in [6.45, 7) is 0.874. The first kappa shape index (κ1) is 10.3. The summed E-state index contributed by atoms with van der Waals surface area (Å²) < 4.78 is 0. The van der Waals surface area contributed by atoms with E-state index in [4.69, 9.17) is 0 Å². The predicted octanol–water partition coefficient (Wildman–Crippen LogP) is 3.91. The molecule has 3 aromatic rings. The second-order valence-electron chi connectivity index (χ2n) is 3.84. The van der Waals surface area contributed by atoms with Gasteiger partial charge in [-0.2, -0.15) is 0 Å². The van der Waals surface area contributed by atoms with Gasteiger partial charge in [-0.25, -0.2) is 0 Å². The minimum Gasteiger partial charge on any atom is -0.380 e. The molecule has 0 aliphatic rings. The van der Waals surface area contributed by atoms with Crippen LogP contribution in [0, 0.1) is 0 Å². The molecule has 2 heterocycles. The van der Waals surface area contributed by atoms with Crippen LogP contribution < -0.4 is 5.32 Å². The summed E-state index contributed by atoms with van der Waals surface area (Å²) in [5, 5.41) is 7.97. The fraction of sp³-hybridized carbons (Fsp3) is 0.0714. The van der Waals surface area contributed by atoms with E-state index in [1.54, 1.807) is 11.3 Å². The second kappa shape index (κ2) is 4.55. The number of pyridine rings is 1. The Hall–Kier alpha value is -1.87. The van der Waals surface area contributed by atoms with Crippen molar-refractivity contribution in [3.63, 3.8) is 0 Å². The van der Waals surface area contributed by atoms with E-state index in [1.807, 2.05) is 18.5 Å². The summed E-state index contributed by atoms with van der Waals surface area (Å²) in [5.74, 6) is 0. The first-order valence-corrected chi connectivity index (χ1v) is 6.40. The number of rotatable bonds is 3. The Kier molecular flexibility index (Phi) is 2.76. The van der Waals surface area contributed by atoms with Crippen LogP contribution in [0.1, 0.15) is 4.88 Å². The highest BCUT2D eigenvalue weighted by atomic mass is 32.1. The Morgan fingerprint density at radius 3 is 3.00 bits per heavy atom. The Morgan fingerprint density at radius 1 is 1.12 bits per heavy atom. The average molecular weight is 240 g/mol. The van der Waals surface area contributed by atoms with Crippen LogP contribution in [0.25, 0.3) is 10.8 Å². The van der Waals surface area contributed by atoms with E-state index in [-0.39, 0.29) is 0 Å². The van der Waals surface area contributed by atoms with Crippen molar-refractivity contribution < 1.29 is 0 Å². The molecule has 2 aromatic heterocycles. The van der Waals surface area contributed by atoms with Gasteiger partial charge in [0.2, 0.25) is 0 Å². The quantitative estimate of drug-likeness (QED) is 0.750. The SMILES string of the molecule is c1csc(CNc2cccc3cnccc23)c1. The van der Waals surface area contributed by atoms with Gasteiger partial charge < -0.3 is 5.32 Å². The molecule has 0 fully saturated rings. The van der Waals surface area contributed by atoms with E-state index >= 15 is 0 Å². The maximum absolute atomic E-state index is 4.14. The van der Waals surface area contributed by atoms with Crippen LogP contribution in [0.3, 0.4) is 0 Å². The summed E-state index contributed by atoms with van der Waals surface area (Å²) in [6, 6.07) is 12.5. The predicted molar refractivity (Wildman–Crippen MR) is 73.4 cm³/mol. The zero-order valence-electron chi connectivity index (χ0n) is 9.26. The van der Waals surface area contributed by atoms with E-state index in [2.05, 4.69) is 46.0 Å². The molecule has 0 spiro atoms. The molecule has 0 unspecified atom stereocenters. The van der Waals surface area contributed by atoms with Crippen LogP contribution in [-0.4, -0.2) is 4.98 Å². The van der Waals surface area contributed by atoms with Crippen molar-refractivity contribution in [1.82, 2.24) is 4.98 Å². The van der Waals surface area contributed by atoms with Crippen molar-refractivity contribution in [2.75, 3.05) is 5.32 Å². The fourth-order valence-electron chi connectivity index (χ4n) is 1.87. The van der Waals surface area contributed by atoms with Gasteiger partial charge in [0.05, 0.1) is 0 Å². The molecule has 0 aliphatic heterocycles. The first-order chi connectivity index (χ1) is 8.43. The molecule has 0 saturated heterocycles. The van der Waals surface area contributed by atoms with E-state index < -0.39 is 0 Å². The minimum atomic E-state index is 0.874. The van der Waals surface area contributed by atoms with Gasteiger partial charge >= 0.3 is 0 Å². The smallest absolute Gasteiger partial charge is 0.0494 e. The van der Waals surface area contributed by atoms with Crippen LogP contribution in [0.4, 0.5) is 5.69 Å². The molecule has 0 atom stereocenters. The summed E-state index contributed by atoms with van der Waals surface area (Å²) >= 11 is 1.77. The van der Waals surface area contributed by atoms with E-state index in [0.717, 1.165) is 6.54 Å². The zero-order valence-corrected chi connectivity index (χ0v) is 10.1. The van der Waals surface area contributed by atoms with Crippen molar-refractivity contribution in [2.24, 2.45) is 0 Å². The molecule has 0 aliphatic carbocycles. The summed E-state index contributed by atoms with van der Waals surface area (Å²) in [7, 11) is 0. The Balaban J connectivity index is 1.90. The lowest BCUT2D eigenvalue weighted by Crippen LogP contribution is -1.97. The average Bonchev–Trinajstić information content (AvgIpc) is 2.89. The summed E-state index contributed by atoms with van der Waals surface area (Å²) in [4.78, 5) is 5.48. The molecule has 84 valence electrons. The molecular formula is C14H12N2S. The second-order valence-corrected chi connectivity index (χ2v) is 4.87. The topological polar surface area (TPSA) is 24.9 Å². The molecule has 1 aromatic carbocycles. The van der Waals surface area contributed by atoms with Gasteiger partial charge in [-0.15, -0.1) is 11.3 Å². The summed E-state index contributed by atoms with van der Waals surface area (Å²) in [5.41, 5.74) is 1.17. The van der Waals surface area contributed by atoms with Gasteiger partial charge in [0.25, 0.3) is 0 Å². The Bertz CT molecular complexity index is 612. The highest BCUT2D eigenvalue weighted by Crippen LogP contribution is 2.23. The van der Waals surface area contributed by atoms with Gasteiger partial charge in [0.1, 0.15) is 0 Å². The van der Waals surface area contributed by atoms with Gasteiger partial charge in [-0.1, -0.05) is 18.2 Å². The molecule has 17 heavy (non-hydrogen) atoms. The molecule has 0 amide bonds. The van der Waals surface area contributed by atoms with Gasteiger partial charge in [-0.3, -0.25) is 4.98 Å². The van der Waals surface area contributed by atoms with E-state index in [0.29, 0.717) is 0 Å².